The first-order chi connectivity index (χ1) is 13.6. The lowest BCUT2D eigenvalue weighted by Crippen LogP contribution is -2.61. The van der Waals surface area contributed by atoms with Gasteiger partial charge in [-0.25, -0.2) is 4.98 Å². The number of carbonyl (C=O) groups excluding carboxylic acids is 2. The fraction of sp³-hybridized carbons (Fsp3) is 0.500. The number of hydrogen-bond acceptors (Lipinski definition) is 3. The molecule has 3 fully saturated rings. The molecule has 1 N–H and O–H groups in total. The lowest BCUT2D eigenvalue weighted by Gasteiger charge is -2.44. The number of rotatable bonds is 3. The monoisotopic (exact) mass is 378 g/mol. The van der Waals surface area contributed by atoms with Gasteiger partial charge in [0, 0.05) is 30.4 Å². The molecule has 6 nitrogen and oxygen atoms in total. The zero-order valence-electron chi connectivity index (χ0n) is 16.3. The molecule has 2 saturated heterocycles. The van der Waals surface area contributed by atoms with Gasteiger partial charge in [-0.1, -0.05) is 30.3 Å². The van der Waals surface area contributed by atoms with Gasteiger partial charge in [0.05, 0.1) is 0 Å². The van der Waals surface area contributed by atoms with E-state index in [1.54, 1.807) is 0 Å². The molecule has 1 aliphatic carbocycles. The molecule has 0 bridgehead atoms. The van der Waals surface area contributed by atoms with Gasteiger partial charge < -0.3 is 14.8 Å². The zero-order valence-corrected chi connectivity index (χ0v) is 16.3. The molecule has 6 heteroatoms. The molecule has 1 aromatic heterocycles. The number of hydrogen-bond donors (Lipinski definition) is 1. The van der Waals surface area contributed by atoms with Crippen LogP contribution >= 0.6 is 0 Å². The van der Waals surface area contributed by atoms with Gasteiger partial charge in [-0.3, -0.25) is 9.59 Å². The lowest BCUT2D eigenvalue weighted by molar-refractivity contribution is -0.146. The molecular weight excluding hydrogens is 352 g/mol. The summed E-state index contributed by atoms with van der Waals surface area (Å²) >= 11 is 0. The maximum absolute atomic E-state index is 13.5. The number of aromatic amines is 1. The maximum atomic E-state index is 13.5. The number of H-pyrrole nitrogens is 1. The normalized spacial score (nSPS) is 25.0. The van der Waals surface area contributed by atoms with E-state index >= 15 is 0 Å². The van der Waals surface area contributed by atoms with Gasteiger partial charge in [-0.05, 0) is 45.4 Å². The third-order valence-corrected chi connectivity index (χ3v) is 6.50. The smallest absolute Gasteiger partial charge is 0.275 e. The van der Waals surface area contributed by atoms with Crippen LogP contribution in [0.25, 0.3) is 11.4 Å². The Morgan fingerprint density at radius 3 is 2.57 bits per heavy atom. The topological polar surface area (TPSA) is 69.3 Å². The third-order valence-electron chi connectivity index (χ3n) is 6.50. The van der Waals surface area contributed by atoms with Crippen LogP contribution in [-0.2, 0) is 4.79 Å². The molecule has 1 atom stereocenters. The summed E-state index contributed by atoms with van der Waals surface area (Å²) in [4.78, 5) is 38.6. The minimum atomic E-state index is -0.657. The van der Waals surface area contributed by atoms with Crippen molar-refractivity contribution in [2.75, 3.05) is 13.1 Å². The van der Waals surface area contributed by atoms with Crippen LogP contribution in [0.4, 0.5) is 0 Å². The fourth-order valence-electron chi connectivity index (χ4n) is 4.94. The van der Waals surface area contributed by atoms with Crippen LogP contribution in [0.1, 0.15) is 54.7 Å². The first kappa shape index (κ1) is 17.5. The average Bonchev–Trinajstić information content (AvgIpc) is 3.35. The van der Waals surface area contributed by atoms with Crippen molar-refractivity contribution in [2.45, 2.75) is 57.0 Å². The number of nitrogens with one attached hydrogen (secondary N) is 1. The van der Waals surface area contributed by atoms with E-state index in [-0.39, 0.29) is 11.8 Å². The zero-order chi connectivity index (χ0) is 19.3. The average molecular weight is 378 g/mol. The molecule has 0 radical (unpaired) electrons. The van der Waals surface area contributed by atoms with Crippen LogP contribution in [0.3, 0.4) is 0 Å². The van der Waals surface area contributed by atoms with E-state index < -0.39 is 5.54 Å². The van der Waals surface area contributed by atoms with Gasteiger partial charge in [0.1, 0.15) is 17.1 Å². The van der Waals surface area contributed by atoms with Gasteiger partial charge in [0.25, 0.3) is 5.91 Å². The van der Waals surface area contributed by atoms with Crippen molar-refractivity contribution in [1.82, 2.24) is 19.8 Å². The van der Waals surface area contributed by atoms with E-state index in [9.17, 15) is 9.59 Å². The molecule has 2 amide bonds. The molecule has 2 aromatic rings. The van der Waals surface area contributed by atoms with Crippen molar-refractivity contribution in [2.24, 2.45) is 0 Å². The Morgan fingerprint density at radius 1 is 1.14 bits per heavy atom. The lowest BCUT2D eigenvalue weighted by atomic mass is 9.85. The number of piperidine rings is 1. The number of benzene rings is 1. The summed E-state index contributed by atoms with van der Waals surface area (Å²) in [5.74, 6) is 0.757. The van der Waals surface area contributed by atoms with Crippen molar-refractivity contribution < 1.29 is 9.59 Å². The van der Waals surface area contributed by atoms with Crippen molar-refractivity contribution >= 4 is 11.8 Å². The Kier molecular flexibility index (Phi) is 4.03. The molecule has 5 rings (SSSR count). The minimum Gasteiger partial charge on any atom is -0.341 e. The highest BCUT2D eigenvalue weighted by molar-refractivity contribution is 6.00. The quantitative estimate of drug-likeness (QED) is 0.892. The summed E-state index contributed by atoms with van der Waals surface area (Å²) in [7, 11) is 0. The number of aromatic nitrogens is 2. The first-order valence-electron chi connectivity index (χ1n) is 10.4. The molecular formula is C22H26N4O2. The molecule has 1 unspecified atom stereocenters. The van der Waals surface area contributed by atoms with E-state index in [0.717, 1.165) is 56.3 Å². The highest BCUT2D eigenvalue weighted by atomic mass is 16.2. The molecule has 1 saturated carbocycles. The number of nitrogens with zero attached hydrogens (tertiary/aromatic N) is 3. The number of aryl methyl sites for hydroxylation is 1. The maximum Gasteiger partial charge on any atom is 0.275 e. The molecule has 28 heavy (non-hydrogen) atoms. The predicted octanol–water partition coefficient (Wildman–Crippen LogP) is 3.14. The number of carbonyl (C=O) groups is 2. The Balaban J connectivity index is 1.46. The second-order valence-electron chi connectivity index (χ2n) is 8.35. The highest BCUT2D eigenvalue weighted by Gasteiger charge is 2.55. The fourth-order valence-corrected chi connectivity index (χ4v) is 4.94. The van der Waals surface area contributed by atoms with Gasteiger partial charge >= 0.3 is 0 Å². The number of amides is 2. The molecule has 3 aliphatic rings. The Bertz CT molecular complexity index is 918. The van der Waals surface area contributed by atoms with Crippen molar-refractivity contribution in [1.29, 1.82) is 0 Å². The van der Waals surface area contributed by atoms with Crippen molar-refractivity contribution in [3.05, 3.63) is 41.7 Å². The number of likely N-dealkylation sites (tertiary alicyclic amines) is 2. The van der Waals surface area contributed by atoms with Crippen LogP contribution in [0.15, 0.2) is 30.3 Å². The van der Waals surface area contributed by atoms with Crippen LogP contribution in [0.5, 0.6) is 0 Å². The summed E-state index contributed by atoms with van der Waals surface area (Å²) in [6, 6.07) is 10.2. The standard InChI is InChI=1S/C22H26N4O2/c1-15-18(24-19(23-15)16-7-3-2-4-8-16)20(27)26-14-6-12-22(26)11-5-13-25(21(22)28)17-9-10-17/h2-4,7-8,17H,5-6,9-14H2,1H3,(H,23,24). The summed E-state index contributed by atoms with van der Waals surface area (Å²) in [5, 5.41) is 0. The van der Waals surface area contributed by atoms with Crippen LogP contribution in [0, 0.1) is 6.92 Å². The Labute approximate surface area is 164 Å². The van der Waals surface area contributed by atoms with E-state index in [4.69, 9.17) is 0 Å². The van der Waals surface area contributed by atoms with E-state index in [0.29, 0.717) is 24.1 Å². The summed E-state index contributed by atoms with van der Waals surface area (Å²) < 4.78 is 0. The molecule has 146 valence electrons. The SMILES string of the molecule is Cc1[nH]c(-c2ccccc2)nc1C(=O)N1CCCC12CCCN(C1CC1)C2=O. The van der Waals surface area contributed by atoms with Crippen molar-refractivity contribution in [3.8, 4) is 11.4 Å². The summed E-state index contributed by atoms with van der Waals surface area (Å²) in [6.45, 7) is 3.36. The van der Waals surface area contributed by atoms with E-state index in [1.807, 2.05) is 47.1 Å². The van der Waals surface area contributed by atoms with Gasteiger partial charge in [-0.15, -0.1) is 0 Å². The van der Waals surface area contributed by atoms with Crippen LogP contribution in [-0.4, -0.2) is 56.3 Å². The Morgan fingerprint density at radius 2 is 1.86 bits per heavy atom. The van der Waals surface area contributed by atoms with Gasteiger partial charge in [0.15, 0.2) is 0 Å². The third kappa shape index (κ3) is 2.65. The first-order valence-corrected chi connectivity index (χ1v) is 10.4. The van der Waals surface area contributed by atoms with E-state index in [1.165, 1.54) is 0 Å². The van der Waals surface area contributed by atoms with Crippen LogP contribution in [0.2, 0.25) is 0 Å². The summed E-state index contributed by atoms with van der Waals surface area (Å²) in [5.41, 5.74) is 1.50. The molecule has 1 aromatic carbocycles. The van der Waals surface area contributed by atoms with Crippen LogP contribution < -0.4 is 0 Å². The highest BCUT2D eigenvalue weighted by Crippen LogP contribution is 2.42. The molecule has 3 heterocycles. The van der Waals surface area contributed by atoms with Crippen molar-refractivity contribution in [3.63, 3.8) is 0 Å². The second kappa shape index (κ2) is 6.47. The largest absolute Gasteiger partial charge is 0.341 e. The Hall–Kier alpha value is -2.63. The van der Waals surface area contributed by atoms with Gasteiger partial charge in [0.2, 0.25) is 5.91 Å². The second-order valence-corrected chi connectivity index (χ2v) is 8.35. The number of imidazole rings is 1. The molecule has 2 aliphatic heterocycles. The molecule has 1 spiro atoms. The minimum absolute atomic E-state index is 0.112. The van der Waals surface area contributed by atoms with Gasteiger partial charge in [-0.2, -0.15) is 0 Å². The van der Waals surface area contributed by atoms with E-state index in [2.05, 4.69) is 9.97 Å². The predicted molar refractivity (Wildman–Crippen MR) is 106 cm³/mol. The summed E-state index contributed by atoms with van der Waals surface area (Å²) in [6.07, 6.45) is 5.61.